The predicted molar refractivity (Wildman–Crippen MR) is 152 cm³/mol. The van der Waals surface area contributed by atoms with E-state index in [0.717, 1.165) is 63.1 Å². The van der Waals surface area contributed by atoms with Gasteiger partial charge in [-0.25, -0.2) is 4.98 Å². The SMILES string of the molecule is CCCN(CCC)CCC(C)CCc1cccc(OC2CCC(Nc3ccc([N+](=O)[O-])c(C(F)(F)F)c3)CC2)n1. The summed E-state index contributed by atoms with van der Waals surface area (Å²) in [5.41, 5.74) is -0.925. The minimum absolute atomic E-state index is 0.00886. The smallest absolute Gasteiger partial charge is 0.423 e. The lowest BCUT2D eigenvalue weighted by molar-refractivity contribution is -0.388. The van der Waals surface area contributed by atoms with Crippen molar-refractivity contribution in [3.05, 3.63) is 57.8 Å². The van der Waals surface area contributed by atoms with Gasteiger partial charge in [-0.1, -0.05) is 26.8 Å². The summed E-state index contributed by atoms with van der Waals surface area (Å²) in [6.45, 7) is 10.2. The molecule has 1 aromatic heterocycles. The zero-order chi connectivity index (χ0) is 29.1. The van der Waals surface area contributed by atoms with E-state index in [0.29, 0.717) is 24.6 Å². The van der Waals surface area contributed by atoms with Crippen molar-refractivity contribution < 1.29 is 22.8 Å². The van der Waals surface area contributed by atoms with Crippen molar-refractivity contribution in [2.45, 2.75) is 96.9 Å². The number of nitrogens with one attached hydrogen (secondary N) is 1. The topological polar surface area (TPSA) is 80.5 Å². The van der Waals surface area contributed by atoms with Crippen LogP contribution < -0.4 is 10.1 Å². The van der Waals surface area contributed by atoms with Gasteiger partial charge in [0.25, 0.3) is 5.69 Å². The number of aromatic nitrogens is 1. The second-order valence-corrected chi connectivity index (χ2v) is 11.0. The highest BCUT2D eigenvalue weighted by atomic mass is 19.4. The number of rotatable bonds is 15. The average Bonchev–Trinajstić information content (AvgIpc) is 2.91. The molecule has 1 aliphatic rings. The van der Waals surface area contributed by atoms with Crippen LogP contribution in [0.1, 0.15) is 83.4 Å². The van der Waals surface area contributed by atoms with Gasteiger partial charge in [-0.3, -0.25) is 10.1 Å². The Morgan fingerprint density at radius 1 is 1.07 bits per heavy atom. The Bertz CT molecular complexity index is 1070. The summed E-state index contributed by atoms with van der Waals surface area (Å²) in [7, 11) is 0. The molecule has 1 saturated carbocycles. The molecule has 0 aliphatic heterocycles. The molecule has 2 aromatic rings. The summed E-state index contributed by atoms with van der Waals surface area (Å²) in [4.78, 5) is 17.3. The molecule has 1 aromatic carbocycles. The minimum atomic E-state index is -4.80. The maximum atomic E-state index is 13.3. The van der Waals surface area contributed by atoms with E-state index in [1.54, 1.807) is 0 Å². The molecule has 1 N–H and O–H groups in total. The number of aryl methyl sites for hydroxylation is 1. The lowest BCUT2D eigenvalue weighted by Gasteiger charge is -2.30. The lowest BCUT2D eigenvalue weighted by atomic mass is 9.92. The molecule has 0 amide bonds. The molecule has 1 aliphatic carbocycles. The van der Waals surface area contributed by atoms with E-state index in [2.05, 4.69) is 31.0 Å². The number of pyridine rings is 1. The fourth-order valence-electron chi connectivity index (χ4n) is 5.32. The van der Waals surface area contributed by atoms with E-state index < -0.39 is 22.4 Å². The first-order chi connectivity index (χ1) is 19.1. The van der Waals surface area contributed by atoms with Crippen molar-refractivity contribution in [2.75, 3.05) is 25.0 Å². The van der Waals surface area contributed by atoms with E-state index in [1.165, 1.54) is 25.3 Å². The number of nitro groups is 1. The number of hydrogen-bond donors (Lipinski definition) is 1. The molecule has 40 heavy (non-hydrogen) atoms. The van der Waals surface area contributed by atoms with Gasteiger partial charge in [-0.2, -0.15) is 13.2 Å². The highest BCUT2D eigenvalue weighted by molar-refractivity contribution is 5.55. The number of halogens is 3. The summed E-state index contributed by atoms with van der Waals surface area (Å²) in [5, 5.41) is 14.1. The molecule has 0 spiro atoms. The second kappa shape index (κ2) is 15.2. The van der Waals surface area contributed by atoms with Gasteiger partial charge in [-0.15, -0.1) is 0 Å². The molecule has 222 valence electrons. The Labute approximate surface area is 235 Å². The number of anilines is 1. The number of nitro benzene ring substituents is 1. The van der Waals surface area contributed by atoms with Gasteiger partial charge in [0.15, 0.2) is 0 Å². The molecule has 1 unspecified atom stereocenters. The van der Waals surface area contributed by atoms with Crippen LogP contribution in [0.3, 0.4) is 0 Å². The van der Waals surface area contributed by atoms with E-state index in [-0.39, 0.29) is 17.8 Å². The summed E-state index contributed by atoms with van der Waals surface area (Å²) in [6.07, 6.45) is 3.66. The van der Waals surface area contributed by atoms with Gasteiger partial charge in [-0.05, 0) is 102 Å². The van der Waals surface area contributed by atoms with Crippen LogP contribution in [0.4, 0.5) is 24.5 Å². The standard InChI is InChI=1S/C30H43F3N4O3/c1-4-18-36(19-5-2)20-17-22(3)9-10-23-7-6-8-29(35-23)40-26-14-11-24(12-15-26)34-25-13-16-28(37(38)39)27(21-25)30(31,32)33/h6-8,13,16,21-22,24,26,34H,4-5,9-12,14-15,17-20H2,1-3H3. The fourth-order valence-corrected chi connectivity index (χ4v) is 5.32. The molecule has 3 rings (SSSR count). The van der Waals surface area contributed by atoms with Crippen LogP contribution in [0.5, 0.6) is 5.88 Å². The van der Waals surface area contributed by atoms with Crippen molar-refractivity contribution in [2.24, 2.45) is 5.92 Å². The zero-order valence-electron chi connectivity index (χ0n) is 23.9. The number of ether oxygens (including phenoxy) is 1. The van der Waals surface area contributed by atoms with Crippen LogP contribution in [0.15, 0.2) is 36.4 Å². The Kier molecular flexibility index (Phi) is 12.0. The van der Waals surface area contributed by atoms with E-state index >= 15 is 0 Å². The Morgan fingerprint density at radius 3 is 2.40 bits per heavy atom. The Balaban J connectivity index is 1.45. The first-order valence-corrected chi connectivity index (χ1v) is 14.6. The third-order valence-electron chi connectivity index (χ3n) is 7.52. The predicted octanol–water partition coefficient (Wildman–Crippen LogP) is 7.89. The lowest BCUT2D eigenvalue weighted by Crippen LogP contribution is -2.31. The summed E-state index contributed by atoms with van der Waals surface area (Å²) in [6, 6.07) is 8.93. The van der Waals surface area contributed by atoms with Crippen LogP contribution in [0.25, 0.3) is 0 Å². The Morgan fingerprint density at radius 2 is 1.77 bits per heavy atom. The molecule has 1 heterocycles. The molecular weight excluding hydrogens is 521 g/mol. The number of hydrogen-bond acceptors (Lipinski definition) is 6. The van der Waals surface area contributed by atoms with Gasteiger partial charge in [0.2, 0.25) is 5.88 Å². The quantitative estimate of drug-likeness (QED) is 0.175. The maximum absolute atomic E-state index is 13.3. The van der Waals surface area contributed by atoms with Crippen molar-refractivity contribution in [1.29, 1.82) is 0 Å². The van der Waals surface area contributed by atoms with Gasteiger partial charge < -0.3 is 15.0 Å². The van der Waals surface area contributed by atoms with Crippen LogP contribution in [0, 0.1) is 16.0 Å². The fraction of sp³-hybridized carbons (Fsp3) is 0.633. The van der Waals surface area contributed by atoms with Crippen molar-refractivity contribution in [3.8, 4) is 5.88 Å². The molecule has 1 atom stereocenters. The monoisotopic (exact) mass is 564 g/mol. The number of alkyl halides is 3. The summed E-state index contributed by atoms with van der Waals surface area (Å²) in [5.74, 6) is 1.23. The molecule has 0 saturated heterocycles. The van der Waals surface area contributed by atoms with E-state index in [4.69, 9.17) is 9.72 Å². The third kappa shape index (κ3) is 9.94. The van der Waals surface area contributed by atoms with Crippen LogP contribution in [0.2, 0.25) is 0 Å². The summed E-state index contributed by atoms with van der Waals surface area (Å²) >= 11 is 0. The Hall–Kier alpha value is -2.88. The number of benzene rings is 1. The normalized spacial score (nSPS) is 18.5. The van der Waals surface area contributed by atoms with Gasteiger partial charge >= 0.3 is 6.18 Å². The molecule has 0 bridgehead atoms. The van der Waals surface area contributed by atoms with Crippen molar-refractivity contribution >= 4 is 11.4 Å². The van der Waals surface area contributed by atoms with Crippen LogP contribution in [-0.2, 0) is 12.6 Å². The van der Waals surface area contributed by atoms with Gasteiger partial charge in [0.05, 0.1) is 4.92 Å². The molecule has 0 radical (unpaired) electrons. The minimum Gasteiger partial charge on any atom is -0.474 e. The van der Waals surface area contributed by atoms with Gasteiger partial charge in [0, 0.05) is 29.6 Å². The molecule has 7 nitrogen and oxygen atoms in total. The molecule has 10 heteroatoms. The molecule has 1 fully saturated rings. The first kappa shape index (κ1) is 31.6. The largest absolute Gasteiger partial charge is 0.474 e. The van der Waals surface area contributed by atoms with Crippen molar-refractivity contribution in [3.63, 3.8) is 0 Å². The summed E-state index contributed by atoms with van der Waals surface area (Å²) < 4.78 is 46.1. The average molecular weight is 565 g/mol. The van der Waals surface area contributed by atoms with Crippen LogP contribution >= 0.6 is 0 Å². The van der Waals surface area contributed by atoms with E-state index in [1.807, 2.05) is 18.2 Å². The van der Waals surface area contributed by atoms with E-state index in [9.17, 15) is 23.3 Å². The molecular formula is C30H43F3N4O3. The highest BCUT2D eigenvalue weighted by Gasteiger charge is 2.38. The highest BCUT2D eigenvalue weighted by Crippen LogP contribution is 2.38. The third-order valence-corrected chi connectivity index (χ3v) is 7.52. The number of nitrogens with zero attached hydrogens (tertiary/aromatic N) is 3. The van der Waals surface area contributed by atoms with Gasteiger partial charge in [0.1, 0.15) is 11.7 Å². The second-order valence-electron chi connectivity index (χ2n) is 11.0. The van der Waals surface area contributed by atoms with Crippen LogP contribution in [-0.4, -0.2) is 46.6 Å². The van der Waals surface area contributed by atoms with Crippen molar-refractivity contribution in [1.82, 2.24) is 9.88 Å². The zero-order valence-corrected chi connectivity index (χ0v) is 23.9. The maximum Gasteiger partial charge on any atom is 0.423 e. The first-order valence-electron chi connectivity index (χ1n) is 14.6.